The van der Waals surface area contributed by atoms with Crippen LogP contribution in [-0.2, 0) is 26.2 Å². The van der Waals surface area contributed by atoms with Crippen LogP contribution in [0.15, 0.2) is 53.4 Å². The highest BCUT2D eigenvalue weighted by Gasteiger charge is 2.32. The maximum atomic E-state index is 13.6. The van der Waals surface area contributed by atoms with Crippen molar-refractivity contribution in [1.29, 1.82) is 0 Å². The highest BCUT2D eigenvalue weighted by atomic mass is 35.5. The predicted molar refractivity (Wildman–Crippen MR) is 142 cm³/mol. The lowest BCUT2D eigenvalue weighted by atomic mass is 9.95. The smallest absolute Gasteiger partial charge is 0.243 e. The normalized spacial score (nSPS) is 15.5. The molecule has 9 heteroatoms. The molecule has 0 unspecified atom stereocenters. The zero-order valence-corrected chi connectivity index (χ0v) is 22.8. The molecular weight excluding hydrogens is 498 g/mol. The summed E-state index contributed by atoms with van der Waals surface area (Å²) in [5, 5.41) is 3.70. The molecule has 0 heterocycles. The molecule has 0 spiro atoms. The van der Waals surface area contributed by atoms with Crippen molar-refractivity contribution in [2.24, 2.45) is 0 Å². The fourth-order valence-electron chi connectivity index (χ4n) is 4.51. The summed E-state index contributed by atoms with van der Waals surface area (Å²) in [6, 6.07) is 13.0. The van der Waals surface area contributed by atoms with Crippen LogP contribution in [0, 0.1) is 6.92 Å². The van der Waals surface area contributed by atoms with E-state index in [4.69, 9.17) is 11.6 Å². The Hall–Kier alpha value is -2.42. The Balaban J connectivity index is 1.82. The minimum absolute atomic E-state index is 0.109. The molecule has 2 aromatic rings. The van der Waals surface area contributed by atoms with Crippen molar-refractivity contribution in [3.63, 3.8) is 0 Å². The van der Waals surface area contributed by atoms with Crippen LogP contribution in [-0.4, -0.2) is 55.1 Å². The van der Waals surface area contributed by atoms with Crippen LogP contribution in [0.5, 0.6) is 0 Å². The van der Waals surface area contributed by atoms with Gasteiger partial charge in [0.1, 0.15) is 6.04 Å². The van der Waals surface area contributed by atoms with E-state index in [2.05, 4.69) is 5.32 Å². The van der Waals surface area contributed by atoms with Gasteiger partial charge in [0.25, 0.3) is 0 Å². The van der Waals surface area contributed by atoms with Gasteiger partial charge in [-0.1, -0.05) is 67.6 Å². The molecule has 36 heavy (non-hydrogen) atoms. The summed E-state index contributed by atoms with van der Waals surface area (Å²) in [5.74, 6) is -0.635. The molecule has 1 N–H and O–H groups in total. The fraction of sp³-hybridized carbons (Fsp3) is 0.481. The summed E-state index contributed by atoms with van der Waals surface area (Å²) >= 11 is 6.03. The molecule has 0 radical (unpaired) electrons. The molecule has 1 aliphatic carbocycles. The van der Waals surface area contributed by atoms with Crippen LogP contribution >= 0.6 is 11.6 Å². The van der Waals surface area contributed by atoms with Gasteiger partial charge in [-0.25, -0.2) is 8.42 Å². The molecule has 1 saturated carbocycles. The number of halogens is 1. The van der Waals surface area contributed by atoms with Gasteiger partial charge >= 0.3 is 0 Å². The van der Waals surface area contributed by atoms with E-state index >= 15 is 0 Å². The number of likely N-dealkylation sites (N-methyl/N-ethyl adjacent to an activating group) is 1. The first kappa shape index (κ1) is 28.2. The van der Waals surface area contributed by atoms with E-state index in [1.165, 1.54) is 30.5 Å². The van der Waals surface area contributed by atoms with E-state index in [1.807, 2.05) is 13.8 Å². The largest absolute Gasteiger partial charge is 0.352 e. The van der Waals surface area contributed by atoms with Crippen molar-refractivity contribution in [2.75, 3.05) is 13.6 Å². The highest BCUT2D eigenvalue weighted by Crippen LogP contribution is 2.21. The molecule has 1 aliphatic rings. The van der Waals surface area contributed by atoms with Crippen molar-refractivity contribution in [3.8, 4) is 0 Å². The molecule has 1 atom stereocenters. The average molecular weight is 534 g/mol. The second kappa shape index (κ2) is 12.7. The van der Waals surface area contributed by atoms with Crippen molar-refractivity contribution >= 4 is 33.4 Å². The molecule has 196 valence electrons. The first-order valence-electron chi connectivity index (χ1n) is 12.5. The number of benzene rings is 2. The molecule has 0 aliphatic heterocycles. The average Bonchev–Trinajstić information content (AvgIpc) is 2.86. The Morgan fingerprint density at radius 1 is 1.03 bits per heavy atom. The Morgan fingerprint density at radius 3 is 2.22 bits per heavy atom. The molecule has 1 fully saturated rings. The zero-order chi connectivity index (χ0) is 26.3. The van der Waals surface area contributed by atoms with E-state index in [9.17, 15) is 18.0 Å². The first-order valence-corrected chi connectivity index (χ1v) is 14.3. The number of rotatable bonds is 10. The lowest BCUT2D eigenvalue weighted by molar-refractivity contribution is -0.141. The SMILES string of the molecule is CC[C@H](C(=O)NC1CCCCC1)N(Cc1ccc(Cl)cc1)C(=O)CN(C)S(=O)(=O)c1ccc(C)cc1. The predicted octanol–water partition coefficient (Wildman–Crippen LogP) is 4.53. The molecular formula is C27H36ClN3O4S. The minimum Gasteiger partial charge on any atom is -0.352 e. The quantitative estimate of drug-likeness (QED) is 0.486. The summed E-state index contributed by atoms with van der Waals surface area (Å²) < 4.78 is 27.2. The molecule has 0 aromatic heterocycles. The Morgan fingerprint density at radius 2 is 1.64 bits per heavy atom. The first-order chi connectivity index (χ1) is 17.1. The molecule has 7 nitrogen and oxygen atoms in total. The van der Waals surface area contributed by atoms with Crippen molar-refractivity contribution < 1.29 is 18.0 Å². The van der Waals surface area contributed by atoms with E-state index in [-0.39, 0.29) is 29.9 Å². The lowest BCUT2D eigenvalue weighted by Gasteiger charge is -2.33. The number of carbonyl (C=O) groups is 2. The summed E-state index contributed by atoms with van der Waals surface area (Å²) in [4.78, 5) is 28.5. The number of hydrogen-bond acceptors (Lipinski definition) is 4. The number of carbonyl (C=O) groups excluding carboxylic acids is 2. The number of sulfonamides is 1. The maximum Gasteiger partial charge on any atom is 0.243 e. The highest BCUT2D eigenvalue weighted by molar-refractivity contribution is 7.89. The number of nitrogens with zero attached hydrogens (tertiary/aromatic N) is 2. The Kier molecular flexibility index (Phi) is 9.93. The van der Waals surface area contributed by atoms with E-state index in [0.29, 0.717) is 11.4 Å². The van der Waals surface area contributed by atoms with Gasteiger partial charge in [-0.2, -0.15) is 4.31 Å². The topological polar surface area (TPSA) is 86.8 Å². The number of amides is 2. The molecule has 0 saturated heterocycles. The van der Waals surface area contributed by atoms with Crippen LogP contribution < -0.4 is 5.32 Å². The van der Waals surface area contributed by atoms with Gasteiger partial charge in [-0.3, -0.25) is 9.59 Å². The molecule has 2 aromatic carbocycles. The molecule has 2 amide bonds. The standard InChI is InChI=1S/C27H36ClN3O4S/c1-4-25(27(33)29-23-8-6-5-7-9-23)31(18-21-12-14-22(28)15-13-21)26(32)19-30(3)36(34,35)24-16-10-20(2)11-17-24/h10-17,23,25H,4-9,18-19H2,1-3H3,(H,29,33)/t25-/m1/s1. The van der Waals surface area contributed by atoms with Crippen LogP contribution in [0.3, 0.4) is 0 Å². The summed E-state index contributed by atoms with van der Waals surface area (Å²) in [6.07, 6.45) is 5.61. The third-order valence-electron chi connectivity index (χ3n) is 6.69. The molecule has 3 rings (SSSR count). The van der Waals surface area contributed by atoms with Crippen molar-refractivity contribution in [1.82, 2.24) is 14.5 Å². The van der Waals surface area contributed by atoms with E-state index in [0.717, 1.165) is 41.1 Å². The monoisotopic (exact) mass is 533 g/mol. The maximum absolute atomic E-state index is 13.6. The lowest BCUT2D eigenvalue weighted by Crippen LogP contribution is -2.53. The molecule has 0 bridgehead atoms. The van der Waals surface area contributed by atoms with E-state index in [1.54, 1.807) is 36.4 Å². The second-order valence-electron chi connectivity index (χ2n) is 9.49. The summed E-state index contributed by atoms with van der Waals surface area (Å²) in [7, 11) is -2.48. The van der Waals surface area contributed by atoms with Crippen LogP contribution in [0.1, 0.15) is 56.6 Å². The second-order valence-corrected chi connectivity index (χ2v) is 12.0. The van der Waals surface area contributed by atoms with Gasteiger partial charge in [-0.05, 0) is 56.0 Å². The van der Waals surface area contributed by atoms with Gasteiger partial charge in [0.15, 0.2) is 0 Å². The van der Waals surface area contributed by atoms with Gasteiger partial charge in [0.05, 0.1) is 11.4 Å². The van der Waals surface area contributed by atoms with Crippen LogP contribution in [0.4, 0.5) is 0 Å². The number of aryl methyl sites for hydroxylation is 1. The fourth-order valence-corrected chi connectivity index (χ4v) is 5.75. The number of hydrogen-bond donors (Lipinski definition) is 1. The van der Waals surface area contributed by atoms with E-state index < -0.39 is 22.0 Å². The van der Waals surface area contributed by atoms with Crippen LogP contribution in [0.2, 0.25) is 5.02 Å². The van der Waals surface area contributed by atoms with Gasteiger partial charge in [0.2, 0.25) is 21.8 Å². The van der Waals surface area contributed by atoms with Gasteiger partial charge in [-0.15, -0.1) is 0 Å². The number of nitrogens with one attached hydrogen (secondary N) is 1. The Labute approximate surface area is 219 Å². The third kappa shape index (κ3) is 7.31. The summed E-state index contributed by atoms with van der Waals surface area (Å²) in [5.41, 5.74) is 1.75. The van der Waals surface area contributed by atoms with Crippen molar-refractivity contribution in [2.45, 2.75) is 75.9 Å². The Bertz CT molecular complexity index is 1130. The third-order valence-corrected chi connectivity index (χ3v) is 8.76. The van der Waals surface area contributed by atoms with Gasteiger partial charge < -0.3 is 10.2 Å². The minimum atomic E-state index is -3.87. The van der Waals surface area contributed by atoms with Crippen molar-refractivity contribution in [3.05, 3.63) is 64.7 Å². The summed E-state index contributed by atoms with van der Waals surface area (Å²) in [6.45, 7) is 3.53. The van der Waals surface area contributed by atoms with Crippen LogP contribution in [0.25, 0.3) is 0 Å². The zero-order valence-electron chi connectivity index (χ0n) is 21.2. The van der Waals surface area contributed by atoms with Gasteiger partial charge in [0, 0.05) is 24.7 Å².